The Morgan fingerprint density at radius 2 is 2.39 bits per heavy atom. The first-order chi connectivity index (χ1) is 11.1. The predicted octanol–water partition coefficient (Wildman–Crippen LogP) is 3.15. The van der Waals surface area contributed by atoms with Crippen molar-refractivity contribution in [3.63, 3.8) is 0 Å². The Morgan fingerprint density at radius 3 is 3.09 bits per heavy atom. The van der Waals surface area contributed by atoms with Crippen molar-refractivity contribution in [1.29, 1.82) is 0 Å². The molecule has 122 valence electrons. The number of rotatable bonds is 5. The lowest BCUT2D eigenvalue weighted by Gasteiger charge is -2.09. The highest BCUT2D eigenvalue weighted by Gasteiger charge is 2.19. The van der Waals surface area contributed by atoms with Gasteiger partial charge in [0.05, 0.1) is 16.8 Å². The molecule has 2 N–H and O–H groups in total. The van der Waals surface area contributed by atoms with Gasteiger partial charge in [0.15, 0.2) is 5.13 Å². The summed E-state index contributed by atoms with van der Waals surface area (Å²) in [6, 6.07) is 3.50. The molecule has 0 aromatic carbocycles. The van der Waals surface area contributed by atoms with E-state index in [1.807, 2.05) is 6.92 Å². The van der Waals surface area contributed by atoms with Crippen LogP contribution < -0.4 is 10.6 Å². The Bertz CT molecular complexity index is 683. The molecular weight excluding hydrogens is 336 g/mol. The number of aryl methyl sites for hydroxylation is 1. The molecule has 1 aliphatic rings. The van der Waals surface area contributed by atoms with Crippen molar-refractivity contribution in [3.05, 3.63) is 33.9 Å². The van der Waals surface area contributed by atoms with Crippen LogP contribution in [-0.2, 0) is 4.74 Å². The van der Waals surface area contributed by atoms with Crippen LogP contribution in [0.15, 0.2) is 18.3 Å². The first kappa shape index (κ1) is 16.2. The molecule has 6 nitrogen and oxygen atoms in total. The molecule has 1 atom stereocenters. The van der Waals surface area contributed by atoms with Gasteiger partial charge in [-0.05, 0) is 31.9 Å². The van der Waals surface area contributed by atoms with Crippen LogP contribution in [0.5, 0.6) is 0 Å². The van der Waals surface area contributed by atoms with Crippen molar-refractivity contribution in [1.82, 2.24) is 15.3 Å². The minimum atomic E-state index is -0.118. The number of nitrogens with one attached hydrogen (secondary N) is 2. The lowest BCUT2D eigenvalue weighted by atomic mass is 10.2. The number of anilines is 2. The minimum Gasteiger partial charge on any atom is -0.376 e. The summed E-state index contributed by atoms with van der Waals surface area (Å²) in [5, 5.41) is 7.18. The van der Waals surface area contributed by atoms with Crippen LogP contribution in [-0.4, -0.2) is 35.1 Å². The van der Waals surface area contributed by atoms with E-state index in [9.17, 15) is 4.79 Å². The van der Waals surface area contributed by atoms with Gasteiger partial charge in [0.1, 0.15) is 10.7 Å². The fraction of sp³-hybridized carbons (Fsp3) is 0.400. The molecule has 2 aromatic heterocycles. The summed E-state index contributed by atoms with van der Waals surface area (Å²) in [4.78, 5) is 21.4. The van der Waals surface area contributed by atoms with Crippen LogP contribution in [0.2, 0.25) is 5.02 Å². The van der Waals surface area contributed by atoms with Crippen LogP contribution in [0.3, 0.4) is 0 Å². The molecule has 3 heterocycles. The molecule has 0 saturated carbocycles. The number of hydrogen-bond acceptors (Lipinski definition) is 6. The summed E-state index contributed by atoms with van der Waals surface area (Å²) in [5.41, 5.74) is 0.691. The number of carbonyl (C=O) groups excluding carboxylic acids is 1. The molecule has 8 heteroatoms. The zero-order valence-electron chi connectivity index (χ0n) is 12.6. The number of carbonyl (C=O) groups is 1. The van der Waals surface area contributed by atoms with Gasteiger partial charge in [-0.15, -0.1) is 0 Å². The average molecular weight is 353 g/mol. The van der Waals surface area contributed by atoms with E-state index in [1.165, 1.54) is 11.3 Å². The first-order valence-electron chi connectivity index (χ1n) is 7.37. The largest absolute Gasteiger partial charge is 0.376 e. The number of aromatic nitrogens is 2. The Hall–Kier alpha value is -1.70. The first-order valence-corrected chi connectivity index (χ1v) is 8.57. The van der Waals surface area contributed by atoms with Crippen molar-refractivity contribution in [3.8, 4) is 0 Å². The maximum Gasteiger partial charge on any atom is 0.263 e. The Kier molecular flexibility index (Phi) is 5.09. The van der Waals surface area contributed by atoms with Crippen LogP contribution in [0.25, 0.3) is 0 Å². The predicted molar refractivity (Wildman–Crippen MR) is 90.7 cm³/mol. The number of thiazole rings is 1. The third-order valence-corrected chi connectivity index (χ3v) is 4.77. The number of hydrogen-bond donors (Lipinski definition) is 2. The van der Waals surface area contributed by atoms with Crippen molar-refractivity contribution >= 4 is 39.8 Å². The van der Waals surface area contributed by atoms with E-state index < -0.39 is 0 Å². The summed E-state index contributed by atoms with van der Waals surface area (Å²) >= 11 is 7.11. The van der Waals surface area contributed by atoms with Crippen molar-refractivity contribution in [2.24, 2.45) is 0 Å². The molecule has 1 amide bonds. The second-order valence-corrected chi connectivity index (χ2v) is 6.70. The Morgan fingerprint density at radius 1 is 1.52 bits per heavy atom. The quantitative estimate of drug-likeness (QED) is 0.864. The molecule has 3 rings (SSSR count). The third kappa shape index (κ3) is 4.19. The topological polar surface area (TPSA) is 76.1 Å². The fourth-order valence-electron chi connectivity index (χ4n) is 2.31. The monoisotopic (exact) mass is 352 g/mol. The van der Waals surface area contributed by atoms with Crippen molar-refractivity contribution in [2.45, 2.75) is 25.9 Å². The average Bonchev–Trinajstić information content (AvgIpc) is 3.17. The van der Waals surface area contributed by atoms with E-state index in [0.717, 1.165) is 19.4 Å². The van der Waals surface area contributed by atoms with E-state index in [2.05, 4.69) is 20.6 Å². The Labute approximate surface area is 143 Å². The van der Waals surface area contributed by atoms with E-state index in [0.29, 0.717) is 33.1 Å². The van der Waals surface area contributed by atoms with E-state index >= 15 is 0 Å². The van der Waals surface area contributed by atoms with Crippen molar-refractivity contribution in [2.75, 3.05) is 18.5 Å². The normalized spacial score (nSPS) is 17.2. The van der Waals surface area contributed by atoms with Gasteiger partial charge in [-0.3, -0.25) is 4.79 Å². The minimum absolute atomic E-state index is 0.118. The smallest absolute Gasteiger partial charge is 0.263 e. The van der Waals surface area contributed by atoms with Gasteiger partial charge in [0, 0.05) is 19.3 Å². The van der Waals surface area contributed by atoms with Crippen LogP contribution in [0.4, 0.5) is 10.9 Å². The van der Waals surface area contributed by atoms with Gasteiger partial charge in [0.25, 0.3) is 5.91 Å². The fourth-order valence-corrected chi connectivity index (χ4v) is 3.31. The zero-order chi connectivity index (χ0) is 16.2. The van der Waals surface area contributed by atoms with Gasteiger partial charge >= 0.3 is 0 Å². The highest BCUT2D eigenvalue weighted by Crippen LogP contribution is 2.25. The zero-order valence-corrected chi connectivity index (χ0v) is 14.2. The SMILES string of the molecule is Cc1nc(Nc2ccc(Cl)cn2)sc1C(=O)NC[C@@H]1CCCO1. The summed E-state index contributed by atoms with van der Waals surface area (Å²) in [5.74, 6) is 0.516. The maximum absolute atomic E-state index is 12.3. The van der Waals surface area contributed by atoms with Gasteiger partial charge in [-0.1, -0.05) is 22.9 Å². The molecule has 0 aliphatic carbocycles. The molecule has 1 aliphatic heterocycles. The second kappa shape index (κ2) is 7.25. The van der Waals surface area contributed by atoms with Gasteiger partial charge in [-0.2, -0.15) is 0 Å². The van der Waals surface area contributed by atoms with Gasteiger partial charge in [-0.25, -0.2) is 9.97 Å². The highest BCUT2D eigenvalue weighted by atomic mass is 35.5. The Balaban J connectivity index is 1.62. The van der Waals surface area contributed by atoms with Crippen LogP contribution >= 0.6 is 22.9 Å². The summed E-state index contributed by atoms with van der Waals surface area (Å²) in [7, 11) is 0. The number of nitrogens with zero attached hydrogens (tertiary/aromatic N) is 2. The van der Waals surface area contributed by atoms with Crippen LogP contribution in [0, 0.1) is 6.92 Å². The van der Waals surface area contributed by atoms with Crippen molar-refractivity contribution < 1.29 is 9.53 Å². The summed E-state index contributed by atoms with van der Waals surface area (Å²) in [6.07, 6.45) is 3.74. The molecular formula is C15H17ClN4O2S. The molecule has 1 saturated heterocycles. The number of amides is 1. The van der Waals surface area contributed by atoms with E-state index in [-0.39, 0.29) is 12.0 Å². The maximum atomic E-state index is 12.3. The third-order valence-electron chi connectivity index (χ3n) is 3.48. The molecule has 2 aromatic rings. The van der Waals surface area contributed by atoms with E-state index in [4.69, 9.17) is 16.3 Å². The van der Waals surface area contributed by atoms with Crippen LogP contribution in [0.1, 0.15) is 28.2 Å². The number of halogens is 1. The van der Waals surface area contributed by atoms with E-state index in [1.54, 1.807) is 18.3 Å². The van der Waals surface area contributed by atoms with Gasteiger partial charge < -0.3 is 15.4 Å². The second-order valence-electron chi connectivity index (χ2n) is 5.27. The highest BCUT2D eigenvalue weighted by molar-refractivity contribution is 7.17. The molecule has 0 spiro atoms. The summed E-state index contributed by atoms with van der Waals surface area (Å²) < 4.78 is 5.50. The molecule has 0 radical (unpaired) electrons. The van der Waals surface area contributed by atoms with Gasteiger partial charge in [0.2, 0.25) is 0 Å². The molecule has 0 bridgehead atoms. The molecule has 1 fully saturated rings. The standard InChI is InChI=1S/C15H17ClN4O2S/c1-9-13(14(21)18-8-11-3-2-6-22-11)23-15(19-9)20-12-5-4-10(16)7-17-12/h4-5,7,11H,2-3,6,8H2,1H3,(H,18,21)(H,17,19,20)/t11-/m0/s1. The summed E-state index contributed by atoms with van der Waals surface area (Å²) in [6.45, 7) is 3.14. The number of pyridine rings is 1. The molecule has 23 heavy (non-hydrogen) atoms. The lowest BCUT2D eigenvalue weighted by molar-refractivity contribution is 0.0860. The lowest BCUT2D eigenvalue weighted by Crippen LogP contribution is -2.31. The number of ether oxygens (including phenoxy) is 1. The molecule has 0 unspecified atom stereocenters.